The third kappa shape index (κ3) is 5.39. The van der Waals surface area contributed by atoms with Crippen LogP contribution >= 0.6 is 0 Å². The zero-order valence-electron chi connectivity index (χ0n) is 14.8. The summed E-state index contributed by atoms with van der Waals surface area (Å²) in [7, 11) is 0. The van der Waals surface area contributed by atoms with Gasteiger partial charge in [0.1, 0.15) is 24.2 Å². The zero-order valence-corrected chi connectivity index (χ0v) is 14.8. The van der Waals surface area contributed by atoms with Crippen molar-refractivity contribution in [3.63, 3.8) is 0 Å². The Hall–Kier alpha value is -1.78. The van der Waals surface area contributed by atoms with Crippen molar-refractivity contribution in [2.75, 3.05) is 19.8 Å². The summed E-state index contributed by atoms with van der Waals surface area (Å²) in [5, 5.41) is 12.0. The minimum atomic E-state index is -0.632. The molecular weight excluding hydrogens is 304 g/mol. The Morgan fingerprint density at radius 1 is 0.958 bits per heavy atom. The molecule has 132 valence electrons. The van der Waals surface area contributed by atoms with E-state index in [1.165, 1.54) is 0 Å². The van der Waals surface area contributed by atoms with Gasteiger partial charge in [0.05, 0.1) is 12.7 Å². The molecule has 0 aliphatic rings. The zero-order chi connectivity index (χ0) is 17.4. The van der Waals surface area contributed by atoms with Gasteiger partial charge in [-0.25, -0.2) is 0 Å². The summed E-state index contributed by atoms with van der Waals surface area (Å²) in [5.74, 6) is 1.59. The molecule has 0 aliphatic carbocycles. The fourth-order valence-corrected chi connectivity index (χ4v) is 2.43. The second-order valence-electron chi connectivity index (χ2n) is 6.17. The second kappa shape index (κ2) is 9.50. The lowest BCUT2D eigenvalue weighted by Gasteiger charge is -2.17. The Morgan fingerprint density at radius 3 is 2.29 bits per heavy atom. The highest BCUT2D eigenvalue weighted by molar-refractivity contribution is 5.93. The number of aliphatic hydroxyl groups is 1. The molecule has 24 heavy (non-hydrogen) atoms. The molecule has 0 saturated carbocycles. The third-order valence-corrected chi connectivity index (χ3v) is 3.59. The molecule has 2 rings (SSSR count). The lowest BCUT2D eigenvalue weighted by molar-refractivity contribution is 0.0116. The van der Waals surface area contributed by atoms with E-state index in [9.17, 15) is 5.11 Å². The maximum Gasteiger partial charge on any atom is 0.127 e. The van der Waals surface area contributed by atoms with Crippen LogP contribution < -0.4 is 9.47 Å². The molecule has 1 N–H and O–H groups in total. The molecule has 0 saturated heterocycles. The minimum absolute atomic E-state index is 0.113. The van der Waals surface area contributed by atoms with Gasteiger partial charge >= 0.3 is 0 Å². The van der Waals surface area contributed by atoms with E-state index in [0.29, 0.717) is 13.2 Å². The fourth-order valence-electron chi connectivity index (χ4n) is 2.43. The normalized spacial score (nSPS) is 12.5. The highest BCUT2D eigenvalue weighted by atomic mass is 16.5. The average molecular weight is 332 g/mol. The molecule has 4 nitrogen and oxygen atoms in total. The Balaban J connectivity index is 2.02. The van der Waals surface area contributed by atoms with Crippen molar-refractivity contribution in [2.45, 2.75) is 45.8 Å². The van der Waals surface area contributed by atoms with Gasteiger partial charge in [-0.2, -0.15) is 0 Å². The average Bonchev–Trinajstić information content (AvgIpc) is 2.57. The number of rotatable bonds is 10. The number of aliphatic hydroxyl groups excluding tert-OH is 1. The van der Waals surface area contributed by atoms with E-state index in [1.54, 1.807) is 0 Å². The van der Waals surface area contributed by atoms with Crippen molar-refractivity contribution in [3.8, 4) is 11.5 Å². The van der Waals surface area contributed by atoms with Crippen LogP contribution in [0.3, 0.4) is 0 Å². The van der Waals surface area contributed by atoms with Crippen LogP contribution in [0.25, 0.3) is 10.8 Å². The van der Waals surface area contributed by atoms with Gasteiger partial charge in [0.15, 0.2) is 0 Å². The Morgan fingerprint density at radius 2 is 1.62 bits per heavy atom. The maximum atomic E-state index is 9.98. The first-order valence-electron chi connectivity index (χ1n) is 8.68. The molecule has 0 aliphatic heterocycles. The standard InChI is InChI=1S/C20H28O4/c1-4-5-12-22-13-16(21)14-23-19-10-11-20(24-15(2)3)18-9-7-6-8-17(18)19/h6-11,15-16,21H,4-5,12-14H2,1-3H3. The summed E-state index contributed by atoms with van der Waals surface area (Å²) in [4.78, 5) is 0. The summed E-state index contributed by atoms with van der Waals surface area (Å²) in [6, 6.07) is 11.8. The number of unbranched alkanes of at least 4 members (excludes halogenated alkanes) is 1. The molecule has 0 spiro atoms. The number of ether oxygens (including phenoxy) is 3. The summed E-state index contributed by atoms with van der Waals surface area (Å²) in [6.07, 6.45) is 1.58. The summed E-state index contributed by atoms with van der Waals surface area (Å²) < 4.78 is 17.1. The Bertz CT molecular complexity index is 624. The number of hydrogen-bond donors (Lipinski definition) is 1. The molecule has 0 aromatic heterocycles. The molecule has 0 amide bonds. The van der Waals surface area contributed by atoms with E-state index >= 15 is 0 Å². The molecule has 4 heteroatoms. The molecule has 0 radical (unpaired) electrons. The van der Waals surface area contributed by atoms with Crippen LogP contribution in [-0.4, -0.2) is 37.1 Å². The van der Waals surface area contributed by atoms with Crippen LogP contribution in [0, 0.1) is 0 Å². The van der Waals surface area contributed by atoms with Gasteiger partial charge in [0.2, 0.25) is 0 Å². The van der Waals surface area contributed by atoms with E-state index in [1.807, 2.05) is 50.2 Å². The highest BCUT2D eigenvalue weighted by Gasteiger charge is 2.11. The van der Waals surface area contributed by atoms with Gasteiger partial charge in [-0.15, -0.1) is 0 Å². The van der Waals surface area contributed by atoms with E-state index in [-0.39, 0.29) is 12.7 Å². The van der Waals surface area contributed by atoms with Gasteiger partial charge in [0.25, 0.3) is 0 Å². The predicted octanol–water partition coefficient (Wildman–Crippen LogP) is 4.18. The van der Waals surface area contributed by atoms with Crippen LogP contribution in [-0.2, 0) is 4.74 Å². The SMILES string of the molecule is CCCCOCC(O)COc1ccc(OC(C)C)c2ccccc12. The topological polar surface area (TPSA) is 47.9 Å². The largest absolute Gasteiger partial charge is 0.490 e. The lowest BCUT2D eigenvalue weighted by Crippen LogP contribution is -2.23. The molecule has 2 aromatic carbocycles. The van der Waals surface area contributed by atoms with Gasteiger partial charge in [-0.1, -0.05) is 37.6 Å². The number of hydrogen-bond acceptors (Lipinski definition) is 4. The first-order valence-corrected chi connectivity index (χ1v) is 8.68. The molecule has 2 aromatic rings. The van der Waals surface area contributed by atoms with E-state index in [4.69, 9.17) is 14.2 Å². The van der Waals surface area contributed by atoms with Crippen molar-refractivity contribution < 1.29 is 19.3 Å². The number of benzene rings is 2. The van der Waals surface area contributed by atoms with Crippen LogP contribution in [0.15, 0.2) is 36.4 Å². The summed E-state index contributed by atoms with van der Waals surface area (Å²) in [6.45, 7) is 7.31. The number of fused-ring (bicyclic) bond motifs is 1. The first-order chi connectivity index (χ1) is 11.6. The maximum absolute atomic E-state index is 9.98. The smallest absolute Gasteiger partial charge is 0.127 e. The van der Waals surface area contributed by atoms with Crippen LogP contribution in [0.2, 0.25) is 0 Å². The molecule has 0 fully saturated rings. The molecule has 1 unspecified atom stereocenters. The van der Waals surface area contributed by atoms with Crippen LogP contribution in [0.1, 0.15) is 33.6 Å². The van der Waals surface area contributed by atoms with E-state index in [2.05, 4.69) is 6.92 Å². The van der Waals surface area contributed by atoms with E-state index in [0.717, 1.165) is 35.1 Å². The molecule has 1 atom stereocenters. The molecule has 0 bridgehead atoms. The first kappa shape index (κ1) is 18.6. The lowest BCUT2D eigenvalue weighted by atomic mass is 10.1. The van der Waals surface area contributed by atoms with Crippen molar-refractivity contribution in [1.82, 2.24) is 0 Å². The fraction of sp³-hybridized carbons (Fsp3) is 0.500. The minimum Gasteiger partial charge on any atom is -0.490 e. The highest BCUT2D eigenvalue weighted by Crippen LogP contribution is 2.33. The summed E-state index contributed by atoms with van der Waals surface area (Å²) in [5.41, 5.74) is 0. The van der Waals surface area contributed by atoms with Crippen LogP contribution in [0.4, 0.5) is 0 Å². The van der Waals surface area contributed by atoms with Crippen molar-refractivity contribution in [1.29, 1.82) is 0 Å². The summed E-state index contributed by atoms with van der Waals surface area (Å²) >= 11 is 0. The monoisotopic (exact) mass is 332 g/mol. The van der Waals surface area contributed by atoms with Gasteiger partial charge in [0, 0.05) is 17.4 Å². The van der Waals surface area contributed by atoms with Gasteiger partial charge < -0.3 is 19.3 Å². The predicted molar refractivity (Wildman–Crippen MR) is 96.9 cm³/mol. The Kier molecular flexibility index (Phi) is 7.35. The Labute approximate surface area is 144 Å². The van der Waals surface area contributed by atoms with Crippen molar-refractivity contribution >= 4 is 10.8 Å². The van der Waals surface area contributed by atoms with Gasteiger partial charge in [-0.05, 0) is 32.4 Å². The molecular formula is C20H28O4. The van der Waals surface area contributed by atoms with Gasteiger partial charge in [-0.3, -0.25) is 0 Å². The van der Waals surface area contributed by atoms with Crippen LogP contribution in [0.5, 0.6) is 11.5 Å². The molecule has 0 heterocycles. The van der Waals surface area contributed by atoms with Crippen molar-refractivity contribution in [3.05, 3.63) is 36.4 Å². The second-order valence-corrected chi connectivity index (χ2v) is 6.17. The van der Waals surface area contributed by atoms with E-state index < -0.39 is 6.10 Å². The third-order valence-electron chi connectivity index (χ3n) is 3.59. The quantitative estimate of drug-likeness (QED) is 0.663. The van der Waals surface area contributed by atoms with Crippen molar-refractivity contribution in [2.24, 2.45) is 0 Å².